The van der Waals surface area contributed by atoms with Gasteiger partial charge in [-0.3, -0.25) is 0 Å². The average molecular weight is 193 g/mol. The average Bonchev–Trinajstić information content (AvgIpc) is 2.12. The predicted octanol–water partition coefficient (Wildman–Crippen LogP) is 2.90. The Labute approximate surface area is 81.6 Å². The molecule has 0 spiro atoms. The van der Waals surface area contributed by atoms with Crippen LogP contribution in [0.5, 0.6) is 0 Å². The van der Waals surface area contributed by atoms with Crippen LogP contribution in [0.2, 0.25) is 5.02 Å². The van der Waals surface area contributed by atoms with Crippen LogP contribution >= 0.6 is 11.6 Å². The molecule has 2 nitrogen and oxygen atoms in total. The molecule has 0 fully saturated rings. The number of benzene rings is 1. The first-order valence-electron chi connectivity index (χ1n) is 4.08. The fourth-order valence-electron chi connectivity index (χ4n) is 1.45. The molecule has 0 aliphatic heterocycles. The largest absolute Gasteiger partial charge is 0.155 e. The number of nitrogens with zero attached hydrogens (tertiary/aromatic N) is 2. The van der Waals surface area contributed by atoms with Gasteiger partial charge >= 0.3 is 0 Å². The van der Waals surface area contributed by atoms with Crippen molar-refractivity contribution in [1.29, 1.82) is 0 Å². The summed E-state index contributed by atoms with van der Waals surface area (Å²) in [6.45, 7) is 3.85. The van der Waals surface area contributed by atoms with E-state index in [1.807, 2.05) is 32.0 Å². The Morgan fingerprint density at radius 3 is 2.46 bits per heavy atom. The molecule has 0 aliphatic rings. The van der Waals surface area contributed by atoms with Crippen molar-refractivity contribution in [2.45, 2.75) is 13.8 Å². The molecule has 0 amide bonds. The van der Waals surface area contributed by atoms with E-state index in [1.165, 1.54) is 0 Å². The standard InChI is InChI=1S/C10H9ClN2/c1-6-8-4-3-5-9(11)10(8)7(2)13-12-6/h3-5H,1-2H3. The van der Waals surface area contributed by atoms with Crippen molar-refractivity contribution in [2.75, 3.05) is 0 Å². The zero-order chi connectivity index (χ0) is 9.42. The number of hydrogen-bond acceptors (Lipinski definition) is 2. The van der Waals surface area contributed by atoms with Crippen LogP contribution in [-0.2, 0) is 0 Å². The van der Waals surface area contributed by atoms with E-state index in [-0.39, 0.29) is 0 Å². The minimum Gasteiger partial charge on any atom is -0.155 e. The Hall–Kier alpha value is -1.15. The van der Waals surface area contributed by atoms with Crippen LogP contribution < -0.4 is 0 Å². The number of halogens is 1. The quantitative estimate of drug-likeness (QED) is 0.642. The fraction of sp³-hybridized carbons (Fsp3) is 0.200. The second-order valence-electron chi connectivity index (χ2n) is 3.03. The van der Waals surface area contributed by atoms with Crippen molar-refractivity contribution in [1.82, 2.24) is 10.2 Å². The highest BCUT2D eigenvalue weighted by atomic mass is 35.5. The highest BCUT2D eigenvalue weighted by Gasteiger charge is 2.05. The van der Waals surface area contributed by atoms with Gasteiger partial charge < -0.3 is 0 Å². The van der Waals surface area contributed by atoms with Crippen molar-refractivity contribution in [3.05, 3.63) is 34.6 Å². The Morgan fingerprint density at radius 1 is 1.08 bits per heavy atom. The summed E-state index contributed by atoms with van der Waals surface area (Å²) in [6.07, 6.45) is 0. The number of fused-ring (bicyclic) bond motifs is 1. The van der Waals surface area contributed by atoms with Crippen molar-refractivity contribution in [3.63, 3.8) is 0 Å². The maximum atomic E-state index is 6.07. The van der Waals surface area contributed by atoms with Crippen LogP contribution in [0.1, 0.15) is 11.4 Å². The summed E-state index contributed by atoms with van der Waals surface area (Å²) in [6, 6.07) is 5.81. The summed E-state index contributed by atoms with van der Waals surface area (Å²) in [5.74, 6) is 0. The van der Waals surface area contributed by atoms with Crippen molar-refractivity contribution in [2.24, 2.45) is 0 Å². The van der Waals surface area contributed by atoms with Gasteiger partial charge in [-0.15, -0.1) is 0 Å². The molecule has 0 saturated carbocycles. The SMILES string of the molecule is Cc1nnc(C)c2c(Cl)cccc12. The van der Waals surface area contributed by atoms with Crippen LogP contribution in [0.3, 0.4) is 0 Å². The lowest BCUT2D eigenvalue weighted by atomic mass is 10.1. The van der Waals surface area contributed by atoms with Gasteiger partial charge in [0, 0.05) is 10.8 Å². The molecule has 0 aliphatic carbocycles. The Kier molecular flexibility index (Phi) is 1.93. The maximum absolute atomic E-state index is 6.07. The molecule has 1 heterocycles. The highest BCUT2D eigenvalue weighted by Crippen LogP contribution is 2.26. The zero-order valence-corrected chi connectivity index (χ0v) is 8.26. The third-order valence-corrected chi connectivity index (χ3v) is 2.43. The van der Waals surface area contributed by atoms with E-state index in [1.54, 1.807) is 0 Å². The molecular formula is C10H9ClN2. The van der Waals surface area contributed by atoms with Crippen molar-refractivity contribution in [3.8, 4) is 0 Å². The van der Waals surface area contributed by atoms with Gasteiger partial charge in [0.1, 0.15) is 0 Å². The van der Waals surface area contributed by atoms with Gasteiger partial charge in [-0.1, -0.05) is 23.7 Å². The molecule has 3 heteroatoms. The molecule has 1 aromatic carbocycles. The van der Waals surface area contributed by atoms with E-state index >= 15 is 0 Å². The minimum atomic E-state index is 0.744. The molecular weight excluding hydrogens is 184 g/mol. The third kappa shape index (κ3) is 1.27. The normalized spacial score (nSPS) is 10.7. The summed E-state index contributed by atoms with van der Waals surface area (Å²) in [5, 5.41) is 10.9. The van der Waals surface area contributed by atoms with E-state index < -0.39 is 0 Å². The lowest BCUT2D eigenvalue weighted by Gasteiger charge is -2.04. The molecule has 0 bridgehead atoms. The lowest BCUT2D eigenvalue weighted by molar-refractivity contribution is 0.964. The summed E-state index contributed by atoms with van der Waals surface area (Å²) in [4.78, 5) is 0. The van der Waals surface area contributed by atoms with Crippen molar-refractivity contribution >= 4 is 22.4 Å². The van der Waals surface area contributed by atoms with Crippen LogP contribution in [0.15, 0.2) is 18.2 Å². The van der Waals surface area contributed by atoms with Crippen molar-refractivity contribution < 1.29 is 0 Å². The van der Waals surface area contributed by atoms with Gasteiger partial charge in [-0.05, 0) is 19.9 Å². The number of aromatic nitrogens is 2. The number of hydrogen-bond donors (Lipinski definition) is 0. The van der Waals surface area contributed by atoms with Gasteiger partial charge in [0.2, 0.25) is 0 Å². The molecule has 66 valence electrons. The molecule has 0 saturated heterocycles. The topological polar surface area (TPSA) is 25.8 Å². The second kappa shape index (κ2) is 2.96. The molecule has 0 N–H and O–H groups in total. The lowest BCUT2D eigenvalue weighted by Crippen LogP contribution is -1.93. The van der Waals surface area contributed by atoms with Crippen LogP contribution in [-0.4, -0.2) is 10.2 Å². The molecule has 13 heavy (non-hydrogen) atoms. The fourth-order valence-corrected chi connectivity index (χ4v) is 1.76. The smallest absolute Gasteiger partial charge is 0.0693 e. The first-order valence-corrected chi connectivity index (χ1v) is 4.46. The van der Waals surface area contributed by atoms with Gasteiger partial charge in [-0.2, -0.15) is 10.2 Å². The van der Waals surface area contributed by atoms with Gasteiger partial charge in [0.15, 0.2) is 0 Å². The Balaban J connectivity index is 3.00. The predicted molar refractivity (Wildman–Crippen MR) is 54.0 cm³/mol. The van der Waals surface area contributed by atoms with Gasteiger partial charge in [0.25, 0.3) is 0 Å². The van der Waals surface area contributed by atoms with E-state index in [4.69, 9.17) is 11.6 Å². The Morgan fingerprint density at radius 2 is 1.77 bits per heavy atom. The summed E-state index contributed by atoms with van der Waals surface area (Å²) < 4.78 is 0. The summed E-state index contributed by atoms with van der Waals surface area (Å²) >= 11 is 6.07. The Bertz CT molecular complexity index is 457. The first kappa shape index (κ1) is 8.45. The maximum Gasteiger partial charge on any atom is 0.0693 e. The van der Waals surface area contributed by atoms with Gasteiger partial charge in [-0.25, -0.2) is 0 Å². The van der Waals surface area contributed by atoms with E-state index in [2.05, 4.69) is 10.2 Å². The van der Waals surface area contributed by atoms with Crippen LogP contribution in [0.25, 0.3) is 10.8 Å². The third-order valence-electron chi connectivity index (χ3n) is 2.12. The summed E-state index contributed by atoms with van der Waals surface area (Å²) in [5.41, 5.74) is 1.80. The first-order chi connectivity index (χ1) is 6.20. The molecule has 0 radical (unpaired) electrons. The highest BCUT2D eigenvalue weighted by molar-refractivity contribution is 6.35. The van der Waals surface area contributed by atoms with Gasteiger partial charge in [0.05, 0.1) is 16.4 Å². The van der Waals surface area contributed by atoms with E-state index in [9.17, 15) is 0 Å². The van der Waals surface area contributed by atoms with E-state index in [0.717, 1.165) is 27.2 Å². The zero-order valence-electron chi connectivity index (χ0n) is 7.50. The van der Waals surface area contributed by atoms with Crippen LogP contribution in [0, 0.1) is 13.8 Å². The van der Waals surface area contributed by atoms with Crippen LogP contribution in [0.4, 0.5) is 0 Å². The molecule has 0 atom stereocenters. The molecule has 2 rings (SSSR count). The second-order valence-corrected chi connectivity index (χ2v) is 3.44. The molecule has 0 unspecified atom stereocenters. The molecule has 1 aromatic heterocycles. The number of rotatable bonds is 0. The molecule has 2 aromatic rings. The monoisotopic (exact) mass is 192 g/mol. The summed E-state index contributed by atoms with van der Waals surface area (Å²) in [7, 11) is 0. The minimum absolute atomic E-state index is 0.744. The van der Waals surface area contributed by atoms with E-state index in [0.29, 0.717) is 0 Å². The number of aryl methyl sites for hydroxylation is 2.